The van der Waals surface area contributed by atoms with E-state index in [1.807, 2.05) is 6.07 Å². The van der Waals surface area contributed by atoms with Gasteiger partial charge < -0.3 is 10.2 Å². The van der Waals surface area contributed by atoms with Gasteiger partial charge in [-0.25, -0.2) is 4.68 Å². The summed E-state index contributed by atoms with van der Waals surface area (Å²) in [6.07, 6.45) is 5.70. The van der Waals surface area contributed by atoms with Crippen LogP contribution in [0.1, 0.15) is 12.8 Å². The molecule has 0 bridgehead atoms. The zero-order valence-corrected chi connectivity index (χ0v) is 10.7. The number of hydrogen-bond donors (Lipinski definition) is 1. The quantitative estimate of drug-likeness (QED) is 0.904. The first-order valence-electron chi connectivity index (χ1n) is 6.62. The molecule has 100 valence electrons. The minimum Gasteiger partial charge on any atom is -0.381 e. The van der Waals surface area contributed by atoms with Crippen LogP contribution in [0.5, 0.6) is 0 Å². The van der Waals surface area contributed by atoms with E-state index < -0.39 is 0 Å². The van der Waals surface area contributed by atoms with Crippen molar-refractivity contribution in [2.75, 3.05) is 25.2 Å². The second kappa shape index (κ2) is 5.40. The number of fused-ring (bicyclic) bond motifs is 1. The summed E-state index contributed by atoms with van der Waals surface area (Å²) in [5.41, 5.74) is 4.04. The number of nitrogens with one attached hydrogen (secondary N) is 1. The van der Waals surface area contributed by atoms with Crippen molar-refractivity contribution in [2.45, 2.75) is 12.8 Å². The van der Waals surface area contributed by atoms with Gasteiger partial charge in [-0.2, -0.15) is 0 Å². The molecule has 3 rings (SSSR count). The van der Waals surface area contributed by atoms with E-state index in [1.54, 1.807) is 29.2 Å². The molecular formula is C14H17N3O2. The van der Waals surface area contributed by atoms with E-state index in [0.717, 1.165) is 43.5 Å². The number of pyridine rings is 2. The average molecular weight is 259 g/mol. The van der Waals surface area contributed by atoms with Crippen molar-refractivity contribution in [3.63, 3.8) is 0 Å². The molecule has 1 aliphatic heterocycles. The van der Waals surface area contributed by atoms with E-state index in [4.69, 9.17) is 4.74 Å². The fraction of sp³-hybridized carbons (Fsp3) is 0.429. The van der Waals surface area contributed by atoms with Crippen LogP contribution in [0.2, 0.25) is 0 Å². The van der Waals surface area contributed by atoms with Crippen LogP contribution in [0, 0.1) is 5.92 Å². The van der Waals surface area contributed by atoms with Gasteiger partial charge in [-0.1, -0.05) is 0 Å². The summed E-state index contributed by atoms with van der Waals surface area (Å²) >= 11 is 0. The lowest BCUT2D eigenvalue weighted by molar-refractivity contribution is 0.0586. The monoisotopic (exact) mass is 259 g/mol. The first-order chi connectivity index (χ1) is 9.34. The molecule has 0 aliphatic carbocycles. The highest BCUT2D eigenvalue weighted by atomic mass is 16.5. The lowest BCUT2D eigenvalue weighted by Crippen LogP contribution is -2.34. The van der Waals surface area contributed by atoms with Crippen molar-refractivity contribution in [3.8, 4) is 0 Å². The summed E-state index contributed by atoms with van der Waals surface area (Å²) in [4.78, 5) is 16.0. The van der Waals surface area contributed by atoms with Crippen molar-refractivity contribution in [1.29, 1.82) is 0 Å². The average Bonchev–Trinajstić information content (AvgIpc) is 2.47. The third-order valence-corrected chi connectivity index (χ3v) is 3.49. The maximum absolute atomic E-state index is 12.0. The molecule has 1 saturated heterocycles. The Morgan fingerprint density at radius 2 is 2.37 bits per heavy atom. The van der Waals surface area contributed by atoms with Crippen LogP contribution in [0.15, 0.2) is 35.4 Å². The SMILES string of the molecule is O=c1ccc2cnccc2n1NCC1CCCOC1. The van der Waals surface area contributed by atoms with E-state index in [0.29, 0.717) is 5.92 Å². The van der Waals surface area contributed by atoms with Crippen molar-refractivity contribution >= 4 is 10.9 Å². The Kier molecular flexibility index (Phi) is 3.46. The minimum atomic E-state index is -0.0459. The molecule has 5 heteroatoms. The summed E-state index contributed by atoms with van der Waals surface area (Å²) < 4.78 is 7.05. The number of nitrogens with zero attached hydrogens (tertiary/aromatic N) is 2. The Hall–Kier alpha value is -1.88. The lowest BCUT2D eigenvalue weighted by atomic mass is 10.0. The largest absolute Gasteiger partial charge is 0.381 e. The molecule has 19 heavy (non-hydrogen) atoms. The second-order valence-corrected chi connectivity index (χ2v) is 4.89. The number of ether oxygens (including phenoxy) is 1. The zero-order chi connectivity index (χ0) is 13.1. The van der Waals surface area contributed by atoms with Crippen LogP contribution in [-0.2, 0) is 4.74 Å². The molecule has 1 atom stereocenters. The molecular weight excluding hydrogens is 242 g/mol. The summed E-state index contributed by atoms with van der Waals surface area (Å²) in [6.45, 7) is 2.38. The molecule has 1 fully saturated rings. The van der Waals surface area contributed by atoms with Crippen LogP contribution in [0.4, 0.5) is 0 Å². The van der Waals surface area contributed by atoms with Gasteiger partial charge in [0.1, 0.15) is 0 Å². The van der Waals surface area contributed by atoms with Gasteiger partial charge in [0.15, 0.2) is 0 Å². The van der Waals surface area contributed by atoms with Crippen molar-refractivity contribution in [2.24, 2.45) is 5.92 Å². The molecule has 0 aromatic carbocycles. The topological polar surface area (TPSA) is 56.2 Å². The zero-order valence-electron chi connectivity index (χ0n) is 10.7. The molecule has 0 radical (unpaired) electrons. The number of rotatable bonds is 3. The van der Waals surface area contributed by atoms with E-state index in [9.17, 15) is 4.79 Å². The van der Waals surface area contributed by atoms with Crippen LogP contribution < -0.4 is 11.0 Å². The summed E-state index contributed by atoms with van der Waals surface area (Å²) in [7, 11) is 0. The first kappa shape index (κ1) is 12.2. The van der Waals surface area contributed by atoms with Crippen LogP contribution in [-0.4, -0.2) is 29.4 Å². The van der Waals surface area contributed by atoms with E-state index >= 15 is 0 Å². The van der Waals surface area contributed by atoms with E-state index in [-0.39, 0.29) is 5.56 Å². The van der Waals surface area contributed by atoms with Crippen LogP contribution in [0.25, 0.3) is 10.9 Å². The van der Waals surface area contributed by atoms with Crippen molar-refractivity contribution in [1.82, 2.24) is 9.66 Å². The highest BCUT2D eigenvalue weighted by molar-refractivity contribution is 5.77. The Morgan fingerprint density at radius 1 is 1.42 bits per heavy atom. The van der Waals surface area contributed by atoms with Crippen molar-refractivity contribution < 1.29 is 4.74 Å². The molecule has 0 saturated carbocycles. The lowest BCUT2D eigenvalue weighted by Gasteiger charge is -2.23. The van der Waals surface area contributed by atoms with Gasteiger partial charge in [0, 0.05) is 42.9 Å². The van der Waals surface area contributed by atoms with E-state index in [1.165, 1.54) is 0 Å². The smallest absolute Gasteiger partial charge is 0.269 e. The number of aromatic nitrogens is 2. The Bertz CT molecular complexity index is 617. The maximum Gasteiger partial charge on any atom is 0.269 e. The highest BCUT2D eigenvalue weighted by Gasteiger charge is 2.14. The molecule has 3 heterocycles. The van der Waals surface area contributed by atoms with Gasteiger partial charge in [-0.05, 0) is 25.0 Å². The molecule has 1 N–H and O–H groups in total. The predicted molar refractivity (Wildman–Crippen MR) is 73.8 cm³/mol. The van der Waals surface area contributed by atoms with Gasteiger partial charge >= 0.3 is 0 Å². The molecule has 1 aliphatic rings. The van der Waals surface area contributed by atoms with E-state index in [2.05, 4.69) is 10.4 Å². The predicted octanol–water partition coefficient (Wildman–Crippen LogP) is 1.37. The fourth-order valence-corrected chi connectivity index (χ4v) is 2.44. The van der Waals surface area contributed by atoms with Gasteiger partial charge in [0.25, 0.3) is 5.56 Å². The molecule has 0 spiro atoms. The second-order valence-electron chi connectivity index (χ2n) is 4.89. The number of hydrogen-bond acceptors (Lipinski definition) is 4. The summed E-state index contributed by atoms with van der Waals surface area (Å²) in [5, 5.41) is 0.953. The fourth-order valence-electron chi connectivity index (χ4n) is 2.44. The molecule has 2 aromatic heterocycles. The Morgan fingerprint density at radius 3 is 3.21 bits per heavy atom. The van der Waals surface area contributed by atoms with Gasteiger partial charge in [0.05, 0.1) is 12.1 Å². The normalized spacial score (nSPS) is 19.5. The maximum atomic E-state index is 12.0. The van der Waals surface area contributed by atoms with Gasteiger partial charge in [-0.15, -0.1) is 0 Å². The highest BCUT2D eigenvalue weighted by Crippen LogP contribution is 2.13. The van der Waals surface area contributed by atoms with Gasteiger partial charge in [-0.3, -0.25) is 9.78 Å². The third kappa shape index (κ3) is 2.61. The summed E-state index contributed by atoms with van der Waals surface area (Å²) in [5.74, 6) is 0.470. The molecule has 5 nitrogen and oxygen atoms in total. The minimum absolute atomic E-state index is 0.0459. The standard InChI is InChI=1S/C14H17N3O2/c18-14-4-3-12-9-15-6-5-13(12)17(14)16-8-11-2-1-7-19-10-11/h3-6,9,11,16H,1-2,7-8,10H2. The third-order valence-electron chi connectivity index (χ3n) is 3.49. The van der Waals surface area contributed by atoms with Crippen LogP contribution in [0.3, 0.4) is 0 Å². The first-order valence-corrected chi connectivity index (χ1v) is 6.62. The summed E-state index contributed by atoms with van der Waals surface area (Å²) in [6, 6.07) is 5.21. The molecule has 0 amide bonds. The Labute approximate surface area is 111 Å². The Balaban J connectivity index is 1.83. The van der Waals surface area contributed by atoms with Crippen molar-refractivity contribution in [3.05, 3.63) is 40.9 Å². The van der Waals surface area contributed by atoms with Gasteiger partial charge in [0.2, 0.25) is 0 Å². The molecule has 1 unspecified atom stereocenters. The molecule has 2 aromatic rings. The van der Waals surface area contributed by atoms with Crippen LogP contribution >= 0.6 is 0 Å².